The molecule has 0 unspecified atom stereocenters. The van der Waals surface area contributed by atoms with Crippen molar-refractivity contribution < 1.29 is 4.74 Å². The number of halogens is 1. The summed E-state index contributed by atoms with van der Waals surface area (Å²) >= 11 is 6.06. The molecule has 2 nitrogen and oxygen atoms in total. The molecule has 1 rings (SSSR count). The van der Waals surface area contributed by atoms with Crippen LogP contribution < -0.4 is 5.32 Å². The molecule has 0 bridgehead atoms. The Balaban J connectivity index is 1.90. The lowest BCUT2D eigenvalue weighted by Gasteiger charge is -2.06. The standard InChI is InChI=1S/C16H26ClNO/c1-2-11-18-12-7-3-4-8-13-19-14-15-9-5-6-10-16(15)17/h5-6,9-10,18H,2-4,7-8,11-14H2,1H3. The van der Waals surface area contributed by atoms with Crippen molar-refractivity contribution in [3.05, 3.63) is 34.9 Å². The van der Waals surface area contributed by atoms with Crippen molar-refractivity contribution in [2.75, 3.05) is 19.7 Å². The second-order valence-electron chi connectivity index (χ2n) is 4.81. The van der Waals surface area contributed by atoms with Crippen LogP contribution in [0.3, 0.4) is 0 Å². The van der Waals surface area contributed by atoms with Crippen molar-refractivity contribution in [2.45, 2.75) is 45.6 Å². The molecule has 0 spiro atoms. The number of ether oxygens (including phenoxy) is 1. The van der Waals surface area contributed by atoms with E-state index in [1.807, 2.05) is 24.3 Å². The van der Waals surface area contributed by atoms with Gasteiger partial charge in [0.2, 0.25) is 0 Å². The maximum atomic E-state index is 6.06. The highest BCUT2D eigenvalue weighted by Gasteiger charge is 1.98. The van der Waals surface area contributed by atoms with Crippen molar-refractivity contribution in [3.8, 4) is 0 Å². The van der Waals surface area contributed by atoms with E-state index in [0.29, 0.717) is 6.61 Å². The Morgan fingerprint density at radius 1 is 1.05 bits per heavy atom. The molecule has 0 atom stereocenters. The summed E-state index contributed by atoms with van der Waals surface area (Å²) in [7, 11) is 0. The van der Waals surface area contributed by atoms with Crippen LogP contribution in [0.4, 0.5) is 0 Å². The fraction of sp³-hybridized carbons (Fsp3) is 0.625. The largest absolute Gasteiger partial charge is 0.377 e. The molecule has 1 aromatic rings. The minimum atomic E-state index is 0.623. The Labute approximate surface area is 122 Å². The van der Waals surface area contributed by atoms with E-state index in [-0.39, 0.29) is 0 Å². The third kappa shape index (κ3) is 8.25. The molecular weight excluding hydrogens is 258 g/mol. The lowest BCUT2D eigenvalue weighted by atomic mass is 10.2. The monoisotopic (exact) mass is 283 g/mol. The minimum Gasteiger partial charge on any atom is -0.377 e. The lowest BCUT2D eigenvalue weighted by molar-refractivity contribution is 0.117. The Bertz CT molecular complexity index is 330. The van der Waals surface area contributed by atoms with Gasteiger partial charge in [0.05, 0.1) is 6.61 Å². The second-order valence-corrected chi connectivity index (χ2v) is 5.22. The molecule has 19 heavy (non-hydrogen) atoms. The first-order valence-electron chi connectivity index (χ1n) is 7.36. The molecule has 108 valence electrons. The van der Waals surface area contributed by atoms with Crippen LogP contribution in [0.15, 0.2) is 24.3 Å². The molecule has 1 aromatic carbocycles. The average molecular weight is 284 g/mol. The Kier molecular flexibility index (Phi) is 9.78. The van der Waals surface area contributed by atoms with Crippen LogP contribution in [-0.4, -0.2) is 19.7 Å². The number of unbranched alkanes of at least 4 members (excludes halogenated alkanes) is 3. The van der Waals surface area contributed by atoms with E-state index in [4.69, 9.17) is 16.3 Å². The molecule has 0 fully saturated rings. The predicted molar refractivity (Wildman–Crippen MR) is 82.7 cm³/mol. The number of nitrogens with one attached hydrogen (secondary N) is 1. The maximum Gasteiger partial charge on any atom is 0.0731 e. The molecule has 0 aliphatic heterocycles. The summed E-state index contributed by atoms with van der Waals surface area (Å²) < 4.78 is 5.65. The van der Waals surface area contributed by atoms with Gasteiger partial charge in [0.1, 0.15) is 0 Å². The van der Waals surface area contributed by atoms with Crippen LogP contribution in [0.2, 0.25) is 5.02 Å². The topological polar surface area (TPSA) is 21.3 Å². The lowest BCUT2D eigenvalue weighted by Crippen LogP contribution is -2.15. The van der Waals surface area contributed by atoms with Crippen molar-refractivity contribution in [1.82, 2.24) is 5.32 Å². The van der Waals surface area contributed by atoms with Crippen LogP contribution in [0.1, 0.15) is 44.6 Å². The van der Waals surface area contributed by atoms with Crippen molar-refractivity contribution >= 4 is 11.6 Å². The van der Waals surface area contributed by atoms with Gasteiger partial charge < -0.3 is 10.1 Å². The second kappa shape index (κ2) is 11.3. The molecule has 0 aliphatic rings. The van der Waals surface area contributed by atoms with Crippen LogP contribution in [0.5, 0.6) is 0 Å². The zero-order valence-electron chi connectivity index (χ0n) is 12.0. The Morgan fingerprint density at radius 2 is 1.84 bits per heavy atom. The van der Waals surface area contributed by atoms with Gasteiger partial charge in [0.15, 0.2) is 0 Å². The normalized spacial score (nSPS) is 10.8. The summed E-state index contributed by atoms with van der Waals surface area (Å²) in [5.41, 5.74) is 1.08. The van der Waals surface area contributed by atoms with Gasteiger partial charge >= 0.3 is 0 Å². The molecule has 0 radical (unpaired) electrons. The number of hydrogen-bond acceptors (Lipinski definition) is 2. The summed E-state index contributed by atoms with van der Waals surface area (Å²) in [5.74, 6) is 0. The van der Waals surface area contributed by atoms with Gasteiger partial charge in [-0.2, -0.15) is 0 Å². The zero-order valence-corrected chi connectivity index (χ0v) is 12.7. The summed E-state index contributed by atoms with van der Waals surface area (Å²) in [6, 6.07) is 7.86. The van der Waals surface area contributed by atoms with Crippen molar-refractivity contribution in [1.29, 1.82) is 0 Å². The highest BCUT2D eigenvalue weighted by molar-refractivity contribution is 6.31. The first-order valence-corrected chi connectivity index (χ1v) is 7.74. The Hall–Kier alpha value is -0.570. The summed E-state index contributed by atoms with van der Waals surface area (Å²) in [6.07, 6.45) is 6.15. The van der Waals surface area contributed by atoms with Gasteiger partial charge in [-0.05, 0) is 44.0 Å². The molecule has 1 N–H and O–H groups in total. The highest BCUT2D eigenvalue weighted by Crippen LogP contribution is 2.15. The SMILES string of the molecule is CCCNCCCCCCOCc1ccccc1Cl. The van der Waals surface area contributed by atoms with Gasteiger partial charge in [0.25, 0.3) is 0 Å². The molecular formula is C16H26ClNO. The van der Waals surface area contributed by atoms with Gasteiger partial charge in [-0.15, -0.1) is 0 Å². The van der Waals surface area contributed by atoms with E-state index in [1.165, 1.54) is 25.7 Å². The number of rotatable bonds is 11. The molecule has 0 aromatic heterocycles. The molecule has 3 heteroatoms. The zero-order chi connectivity index (χ0) is 13.8. The van der Waals surface area contributed by atoms with E-state index in [0.717, 1.165) is 36.7 Å². The predicted octanol–water partition coefficient (Wildman–Crippen LogP) is 4.42. The third-order valence-electron chi connectivity index (χ3n) is 3.03. The molecule has 0 saturated heterocycles. The summed E-state index contributed by atoms with van der Waals surface area (Å²) in [6.45, 7) is 5.93. The van der Waals surface area contributed by atoms with Crippen molar-refractivity contribution in [2.24, 2.45) is 0 Å². The van der Waals surface area contributed by atoms with Gasteiger partial charge in [0, 0.05) is 11.6 Å². The molecule has 0 aliphatic carbocycles. The smallest absolute Gasteiger partial charge is 0.0731 e. The van der Waals surface area contributed by atoms with Crippen LogP contribution in [0.25, 0.3) is 0 Å². The quantitative estimate of drug-likeness (QED) is 0.607. The van der Waals surface area contributed by atoms with Crippen LogP contribution >= 0.6 is 11.6 Å². The van der Waals surface area contributed by atoms with E-state index < -0.39 is 0 Å². The molecule has 0 amide bonds. The van der Waals surface area contributed by atoms with Gasteiger partial charge in [-0.1, -0.05) is 49.6 Å². The van der Waals surface area contributed by atoms with Crippen molar-refractivity contribution in [3.63, 3.8) is 0 Å². The fourth-order valence-electron chi connectivity index (χ4n) is 1.91. The van der Waals surface area contributed by atoms with Crippen LogP contribution in [0, 0.1) is 0 Å². The summed E-state index contributed by atoms with van der Waals surface area (Å²) in [4.78, 5) is 0. The van der Waals surface area contributed by atoms with Gasteiger partial charge in [-0.3, -0.25) is 0 Å². The maximum absolute atomic E-state index is 6.06. The Morgan fingerprint density at radius 3 is 2.63 bits per heavy atom. The van der Waals surface area contributed by atoms with E-state index in [2.05, 4.69) is 12.2 Å². The fourth-order valence-corrected chi connectivity index (χ4v) is 2.10. The third-order valence-corrected chi connectivity index (χ3v) is 3.40. The first-order chi connectivity index (χ1) is 9.34. The van der Waals surface area contributed by atoms with E-state index >= 15 is 0 Å². The average Bonchev–Trinajstić information content (AvgIpc) is 2.43. The van der Waals surface area contributed by atoms with Gasteiger partial charge in [-0.25, -0.2) is 0 Å². The van der Waals surface area contributed by atoms with E-state index in [1.54, 1.807) is 0 Å². The van der Waals surface area contributed by atoms with Crippen LogP contribution in [-0.2, 0) is 11.3 Å². The minimum absolute atomic E-state index is 0.623. The number of benzene rings is 1. The summed E-state index contributed by atoms with van der Waals surface area (Å²) in [5, 5.41) is 4.21. The first kappa shape index (κ1) is 16.5. The van der Waals surface area contributed by atoms with E-state index in [9.17, 15) is 0 Å². The molecule has 0 heterocycles. The number of hydrogen-bond donors (Lipinski definition) is 1. The molecule has 0 saturated carbocycles. The highest BCUT2D eigenvalue weighted by atomic mass is 35.5.